The molecule has 31 heavy (non-hydrogen) atoms. The molecule has 2 aromatic carbocycles. The molecule has 0 spiro atoms. The van der Waals surface area contributed by atoms with Gasteiger partial charge in [0.15, 0.2) is 5.16 Å². The van der Waals surface area contributed by atoms with E-state index in [4.69, 9.17) is 0 Å². The molecule has 1 N–H and O–H groups in total. The highest BCUT2D eigenvalue weighted by Gasteiger charge is 2.17. The number of amides is 1. The lowest BCUT2D eigenvalue weighted by atomic mass is 10.2. The summed E-state index contributed by atoms with van der Waals surface area (Å²) in [5.74, 6) is 1.10. The van der Waals surface area contributed by atoms with E-state index >= 15 is 0 Å². The molecule has 1 amide bonds. The number of thioether (sulfide) groups is 1. The van der Waals surface area contributed by atoms with Gasteiger partial charge in [0.1, 0.15) is 0 Å². The number of aryl methyl sites for hydroxylation is 2. The van der Waals surface area contributed by atoms with Crippen LogP contribution in [-0.2, 0) is 17.1 Å². The molecule has 0 unspecified atom stereocenters. The van der Waals surface area contributed by atoms with Crippen LogP contribution in [0.15, 0.2) is 58.5 Å². The fourth-order valence-corrected chi connectivity index (χ4v) is 4.36. The maximum atomic E-state index is 13.1. The molecule has 0 aliphatic carbocycles. The molecular weight excluding hydrogens is 410 g/mol. The molecule has 8 heteroatoms. The molecule has 0 radical (unpaired) electrons. The molecule has 4 rings (SSSR count). The van der Waals surface area contributed by atoms with Crippen LogP contribution in [0.2, 0.25) is 0 Å². The number of hydrogen-bond donors (Lipinski definition) is 1. The molecule has 0 aliphatic rings. The number of carbonyl (C=O) groups is 1. The van der Waals surface area contributed by atoms with Crippen molar-refractivity contribution in [2.45, 2.75) is 50.7 Å². The number of benzene rings is 2. The second-order valence-corrected chi connectivity index (χ2v) is 8.78. The van der Waals surface area contributed by atoms with E-state index in [9.17, 15) is 9.59 Å². The van der Waals surface area contributed by atoms with Gasteiger partial charge in [0.25, 0.3) is 5.56 Å². The van der Waals surface area contributed by atoms with Crippen LogP contribution in [0, 0.1) is 6.92 Å². The third kappa shape index (κ3) is 4.49. The largest absolute Gasteiger partial charge is 0.354 e. The summed E-state index contributed by atoms with van der Waals surface area (Å²) in [5.41, 5.74) is 3.01. The van der Waals surface area contributed by atoms with Gasteiger partial charge in [0, 0.05) is 24.8 Å². The molecule has 0 saturated carbocycles. The average molecular weight is 436 g/mol. The molecule has 7 nitrogen and oxygen atoms in total. The highest BCUT2D eigenvalue weighted by Crippen LogP contribution is 2.24. The number of hydrogen-bond acceptors (Lipinski definition) is 5. The van der Waals surface area contributed by atoms with Crippen molar-refractivity contribution in [3.05, 3.63) is 70.0 Å². The van der Waals surface area contributed by atoms with Crippen LogP contribution in [0.4, 0.5) is 0 Å². The van der Waals surface area contributed by atoms with Gasteiger partial charge in [-0.1, -0.05) is 53.7 Å². The Morgan fingerprint density at radius 1 is 1.10 bits per heavy atom. The third-order valence-corrected chi connectivity index (χ3v) is 5.98. The average Bonchev–Trinajstić information content (AvgIpc) is 3.17. The summed E-state index contributed by atoms with van der Waals surface area (Å²) in [6.07, 6.45) is 0.199. The standard InChI is InChI=1S/C23H25N5O2S/c1-15(2)24-20(29)12-13-27-21(30)18-6-4-5-7-19(18)28-22(27)25-26-23(28)31-14-17-10-8-16(3)9-11-17/h4-11,15H,12-14H2,1-3H3,(H,24,29). The molecular formula is C23H25N5O2S. The molecule has 0 fully saturated rings. The topological polar surface area (TPSA) is 81.3 Å². The van der Waals surface area contributed by atoms with Crippen molar-refractivity contribution in [2.75, 3.05) is 0 Å². The summed E-state index contributed by atoms with van der Waals surface area (Å²) >= 11 is 1.57. The first kappa shape index (κ1) is 21.1. The SMILES string of the molecule is Cc1ccc(CSc2nnc3n(CCC(=O)NC(C)C)c(=O)c4ccccc4n23)cc1. The summed E-state index contributed by atoms with van der Waals surface area (Å²) in [6, 6.07) is 15.9. The van der Waals surface area contributed by atoms with Crippen molar-refractivity contribution < 1.29 is 4.79 Å². The summed E-state index contributed by atoms with van der Waals surface area (Å²) in [6.45, 7) is 6.13. The van der Waals surface area contributed by atoms with Crippen LogP contribution in [0.5, 0.6) is 0 Å². The maximum Gasteiger partial charge on any atom is 0.262 e. The highest BCUT2D eigenvalue weighted by molar-refractivity contribution is 7.98. The van der Waals surface area contributed by atoms with Crippen molar-refractivity contribution >= 4 is 34.3 Å². The van der Waals surface area contributed by atoms with Crippen LogP contribution in [0.1, 0.15) is 31.4 Å². The Bertz CT molecular complexity index is 1290. The first-order valence-corrected chi connectivity index (χ1v) is 11.3. The number of nitrogens with one attached hydrogen (secondary N) is 1. The monoisotopic (exact) mass is 435 g/mol. The van der Waals surface area contributed by atoms with E-state index < -0.39 is 0 Å². The normalized spacial score (nSPS) is 11.5. The van der Waals surface area contributed by atoms with E-state index in [0.29, 0.717) is 16.3 Å². The van der Waals surface area contributed by atoms with E-state index in [-0.39, 0.29) is 30.5 Å². The smallest absolute Gasteiger partial charge is 0.262 e. The molecule has 0 atom stereocenters. The van der Waals surface area contributed by atoms with Gasteiger partial charge in [-0.15, -0.1) is 10.2 Å². The number of rotatable bonds is 7. The third-order valence-electron chi connectivity index (χ3n) is 4.98. The molecule has 0 bridgehead atoms. The first-order valence-electron chi connectivity index (χ1n) is 10.3. The van der Waals surface area contributed by atoms with Gasteiger partial charge in [0.05, 0.1) is 10.9 Å². The molecule has 160 valence electrons. The summed E-state index contributed by atoms with van der Waals surface area (Å²) in [7, 11) is 0. The number of nitrogens with zero attached hydrogens (tertiary/aromatic N) is 4. The van der Waals surface area contributed by atoms with Crippen molar-refractivity contribution in [3.63, 3.8) is 0 Å². The van der Waals surface area contributed by atoms with Crippen molar-refractivity contribution in [2.24, 2.45) is 0 Å². The minimum Gasteiger partial charge on any atom is -0.354 e. The van der Waals surface area contributed by atoms with Gasteiger partial charge >= 0.3 is 0 Å². The van der Waals surface area contributed by atoms with Crippen LogP contribution in [0.25, 0.3) is 16.7 Å². The summed E-state index contributed by atoms with van der Waals surface area (Å²) < 4.78 is 3.46. The van der Waals surface area contributed by atoms with Crippen LogP contribution < -0.4 is 10.9 Å². The predicted octanol–water partition coefficient (Wildman–Crippen LogP) is 3.56. The minimum absolute atomic E-state index is 0.0544. The zero-order valence-electron chi connectivity index (χ0n) is 17.8. The van der Waals surface area contributed by atoms with Gasteiger partial charge in [-0.3, -0.25) is 18.6 Å². The van der Waals surface area contributed by atoms with E-state index in [0.717, 1.165) is 11.3 Å². The fourth-order valence-electron chi connectivity index (χ4n) is 3.47. The van der Waals surface area contributed by atoms with Gasteiger partial charge in [-0.05, 0) is 38.5 Å². The lowest BCUT2D eigenvalue weighted by Crippen LogP contribution is -2.32. The van der Waals surface area contributed by atoms with E-state index in [1.807, 2.05) is 36.4 Å². The predicted molar refractivity (Wildman–Crippen MR) is 123 cm³/mol. The Hall–Kier alpha value is -3.13. The van der Waals surface area contributed by atoms with Crippen molar-refractivity contribution in [3.8, 4) is 0 Å². The molecule has 4 aromatic rings. The van der Waals surface area contributed by atoms with Crippen LogP contribution >= 0.6 is 11.8 Å². The summed E-state index contributed by atoms with van der Waals surface area (Å²) in [5, 5.41) is 12.8. The first-order chi connectivity index (χ1) is 14.9. The van der Waals surface area contributed by atoms with Gasteiger partial charge < -0.3 is 5.32 Å². The number of aromatic nitrogens is 4. The Balaban J connectivity index is 1.72. The molecule has 2 heterocycles. The van der Waals surface area contributed by atoms with Crippen LogP contribution in [0.3, 0.4) is 0 Å². The highest BCUT2D eigenvalue weighted by atomic mass is 32.2. The van der Waals surface area contributed by atoms with Gasteiger partial charge in [0.2, 0.25) is 11.7 Å². The number of carbonyl (C=O) groups excluding carboxylic acids is 1. The Morgan fingerprint density at radius 2 is 1.84 bits per heavy atom. The summed E-state index contributed by atoms with van der Waals surface area (Å²) in [4.78, 5) is 25.3. The van der Waals surface area contributed by atoms with Crippen molar-refractivity contribution in [1.82, 2.24) is 24.5 Å². The lowest BCUT2D eigenvalue weighted by Gasteiger charge is -2.12. The van der Waals surface area contributed by atoms with E-state index in [1.54, 1.807) is 22.4 Å². The van der Waals surface area contributed by atoms with Gasteiger partial charge in [-0.25, -0.2) is 0 Å². The number of para-hydroxylation sites is 1. The lowest BCUT2D eigenvalue weighted by molar-refractivity contribution is -0.121. The van der Waals surface area contributed by atoms with Crippen LogP contribution in [-0.4, -0.2) is 31.1 Å². The van der Waals surface area contributed by atoms with E-state index in [2.05, 4.69) is 46.7 Å². The Kier molecular flexibility index (Phi) is 6.08. The van der Waals surface area contributed by atoms with Gasteiger partial charge in [-0.2, -0.15) is 0 Å². The van der Waals surface area contributed by atoms with Crippen molar-refractivity contribution in [1.29, 1.82) is 0 Å². The fraction of sp³-hybridized carbons (Fsp3) is 0.304. The maximum absolute atomic E-state index is 13.1. The Morgan fingerprint density at radius 3 is 2.58 bits per heavy atom. The molecule has 2 aromatic heterocycles. The molecule has 0 aliphatic heterocycles. The minimum atomic E-state index is -0.164. The zero-order valence-corrected chi connectivity index (χ0v) is 18.6. The number of fused-ring (bicyclic) bond motifs is 3. The second-order valence-electron chi connectivity index (χ2n) is 7.84. The Labute approximate surface area is 184 Å². The molecule has 0 saturated heterocycles. The zero-order chi connectivity index (χ0) is 22.0. The van der Waals surface area contributed by atoms with E-state index in [1.165, 1.54) is 11.1 Å². The second kappa shape index (κ2) is 8.93. The quantitative estimate of drug-likeness (QED) is 0.449.